The van der Waals surface area contributed by atoms with Gasteiger partial charge in [-0.2, -0.15) is 0 Å². The quantitative estimate of drug-likeness (QED) is 0.579. The third kappa shape index (κ3) is 10.1. The zero-order valence-corrected chi connectivity index (χ0v) is 16.9. The van der Waals surface area contributed by atoms with Crippen LogP contribution in [0.4, 0.5) is 5.69 Å². The average Bonchev–Trinajstić information content (AvgIpc) is 2.63. The van der Waals surface area contributed by atoms with E-state index in [4.69, 9.17) is 14.0 Å². The topological polar surface area (TPSA) is 80.0 Å². The first-order chi connectivity index (χ1) is 11.3. The number of hydrogen-bond donors (Lipinski definition) is 0. The summed E-state index contributed by atoms with van der Waals surface area (Å²) in [7, 11) is 1.89. The average molecular weight is 383 g/mol. The maximum Gasteiger partial charge on any atom is 0 e. The van der Waals surface area contributed by atoms with E-state index in [2.05, 4.69) is 52.0 Å². The molecule has 5 nitrogen and oxygen atoms in total. The summed E-state index contributed by atoms with van der Waals surface area (Å²) in [4.78, 5) is 14.3. The van der Waals surface area contributed by atoms with Gasteiger partial charge in [0.15, 0.2) is 0 Å². The molecule has 0 heterocycles. The molecular weight excluding hydrogens is 358 g/mol. The second-order valence-corrected chi connectivity index (χ2v) is 5.75. The molecule has 0 bridgehead atoms. The zero-order valence-electron chi connectivity index (χ0n) is 15.6. The van der Waals surface area contributed by atoms with Gasteiger partial charge in [0.1, 0.15) is 0 Å². The largest absolute Gasteiger partial charge is 0 e. The molecule has 0 N–H and O–H groups in total. The second kappa shape index (κ2) is 17.3. The summed E-state index contributed by atoms with van der Waals surface area (Å²) in [6.07, 6.45) is 1.90. The summed E-state index contributed by atoms with van der Waals surface area (Å²) < 4.78 is 22.5. The SMILES string of the molecule is CCc1cccc(CC)c1N(C)C(=O)C(C)(C)C.[C-]#[O+].[C-]#[O+].[C-]#[O+].[Cr]. The third-order valence-corrected chi connectivity index (χ3v) is 3.25. The summed E-state index contributed by atoms with van der Waals surface area (Å²) in [6, 6.07) is 6.30. The fourth-order valence-electron chi connectivity index (χ4n) is 2.25. The van der Waals surface area contributed by atoms with Crippen molar-refractivity contribution in [1.29, 1.82) is 0 Å². The molecule has 0 unspecified atom stereocenters. The van der Waals surface area contributed by atoms with Gasteiger partial charge in [0, 0.05) is 35.5 Å². The Labute approximate surface area is 162 Å². The van der Waals surface area contributed by atoms with Gasteiger partial charge >= 0.3 is 33.9 Å². The smallest absolute Gasteiger partial charge is 0 e. The normalized spacial score (nSPS) is 8.48. The van der Waals surface area contributed by atoms with Crippen molar-refractivity contribution >= 4 is 11.6 Å². The molecule has 0 aromatic heterocycles. The van der Waals surface area contributed by atoms with E-state index in [1.807, 2.05) is 32.7 Å². The van der Waals surface area contributed by atoms with Crippen LogP contribution in [-0.4, -0.2) is 13.0 Å². The van der Waals surface area contributed by atoms with Gasteiger partial charge in [-0.25, -0.2) is 0 Å². The van der Waals surface area contributed by atoms with Crippen molar-refractivity contribution in [2.24, 2.45) is 5.41 Å². The summed E-state index contributed by atoms with van der Waals surface area (Å²) in [6.45, 7) is 23.7. The Morgan fingerprint density at radius 1 is 0.960 bits per heavy atom. The maximum atomic E-state index is 12.4. The van der Waals surface area contributed by atoms with Crippen molar-refractivity contribution in [1.82, 2.24) is 0 Å². The van der Waals surface area contributed by atoms with E-state index in [0.717, 1.165) is 18.5 Å². The van der Waals surface area contributed by atoms with Crippen LogP contribution in [0.1, 0.15) is 45.7 Å². The number of carbonyl (C=O) groups excluding carboxylic acids is 1. The molecule has 1 amide bonds. The molecule has 0 spiro atoms. The summed E-state index contributed by atoms with van der Waals surface area (Å²) >= 11 is 0. The number of carbonyl (C=O) groups is 1. The Bertz CT molecular complexity index is 520. The van der Waals surface area contributed by atoms with E-state index in [1.165, 1.54) is 11.1 Å². The number of aryl methyl sites for hydroxylation is 2. The molecule has 1 rings (SSSR count). The first kappa shape index (κ1) is 31.2. The van der Waals surface area contributed by atoms with E-state index < -0.39 is 0 Å². The predicted octanol–water partition coefficient (Wildman–Crippen LogP) is 3.71. The van der Waals surface area contributed by atoms with Crippen molar-refractivity contribution < 1.29 is 36.1 Å². The molecular formula is C19H25CrNO4. The predicted molar refractivity (Wildman–Crippen MR) is 89.9 cm³/mol. The number of hydrogen-bond acceptors (Lipinski definition) is 1. The molecule has 0 radical (unpaired) electrons. The Hall–Kier alpha value is -1.56. The zero-order chi connectivity index (χ0) is 19.9. The van der Waals surface area contributed by atoms with E-state index in [1.54, 1.807) is 0 Å². The van der Waals surface area contributed by atoms with Crippen LogP contribution in [0.15, 0.2) is 18.2 Å². The molecule has 136 valence electrons. The Morgan fingerprint density at radius 2 is 1.28 bits per heavy atom. The number of benzene rings is 1. The summed E-state index contributed by atoms with van der Waals surface area (Å²) in [5.41, 5.74) is 3.24. The van der Waals surface area contributed by atoms with Crippen LogP contribution in [0, 0.1) is 25.4 Å². The van der Waals surface area contributed by atoms with Crippen molar-refractivity contribution in [2.75, 3.05) is 11.9 Å². The maximum absolute atomic E-state index is 12.4. The van der Waals surface area contributed by atoms with Gasteiger partial charge in [0.05, 0.1) is 0 Å². The number of amides is 1. The second-order valence-electron chi connectivity index (χ2n) is 5.75. The van der Waals surface area contributed by atoms with Crippen LogP contribution in [0.3, 0.4) is 0 Å². The minimum absolute atomic E-state index is 0. The van der Waals surface area contributed by atoms with Crippen molar-refractivity contribution in [3.8, 4) is 0 Å². The number of nitrogens with zero attached hydrogens (tertiary/aromatic N) is 1. The van der Waals surface area contributed by atoms with Crippen LogP contribution in [-0.2, 0) is 49.0 Å². The molecule has 0 aliphatic carbocycles. The van der Waals surface area contributed by atoms with E-state index in [0.29, 0.717) is 0 Å². The molecule has 1 aromatic rings. The van der Waals surface area contributed by atoms with Crippen LogP contribution >= 0.6 is 0 Å². The number of rotatable bonds is 3. The molecule has 0 aliphatic rings. The minimum Gasteiger partial charge on any atom is 0 e. The third-order valence-electron chi connectivity index (χ3n) is 3.25. The van der Waals surface area contributed by atoms with Gasteiger partial charge < -0.3 is 4.90 Å². The molecule has 0 saturated carbocycles. The van der Waals surface area contributed by atoms with Gasteiger partial charge in [-0.3, -0.25) is 4.79 Å². The monoisotopic (exact) mass is 383 g/mol. The number of para-hydroxylation sites is 1. The Balaban J connectivity index is -0.000000284. The molecule has 0 saturated heterocycles. The molecule has 6 heteroatoms. The van der Waals surface area contributed by atoms with Crippen LogP contribution in [0.25, 0.3) is 0 Å². The van der Waals surface area contributed by atoms with Crippen LogP contribution in [0.5, 0.6) is 0 Å². The molecule has 0 atom stereocenters. The van der Waals surface area contributed by atoms with Crippen LogP contribution in [0.2, 0.25) is 0 Å². The van der Waals surface area contributed by atoms with Gasteiger partial charge in [-0.15, -0.1) is 0 Å². The Kier molecular flexibility index (Phi) is 21.6. The fraction of sp³-hybridized carbons (Fsp3) is 0.474. The van der Waals surface area contributed by atoms with E-state index in [9.17, 15) is 4.79 Å². The van der Waals surface area contributed by atoms with Crippen LogP contribution < -0.4 is 4.90 Å². The summed E-state index contributed by atoms with van der Waals surface area (Å²) in [5.74, 6) is 0.165. The standard InChI is InChI=1S/C16H25NO.3CO.Cr/c1-7-12-10-9-11-13(8-2)14(12)17(6)15(18)16(3,4)5;3*1-2;/h9-11H,7-8H2,1-6H3;;;;. The fourth-order valence-corrected chi connectivity index (χ4v) is 2.25. The van der Waals surface area contributed by atoms with Gasteiger partial charge in [-0.05, 0) is 24.0 Å². The summed E-state index contributed by atoms with van der Waals surface area (Å²) in [5, 5.41) is 0. The van der Waals surface area contributed by atoms with Gasteiger partial charge in [-0.1, -0.05) is 52.8 Å². The minimum atomic E-state index is -0.347. The van der Waals surface area contributed by atoms with E-state index in [-0.39, 0.29) is 28.7 Å². The van der Waals surface area contributed by atoms with Gasteiger partial charge in [0.25, 0.3) is 0 Å². The van der Waals surface area contributed by atoms with Crippen molar-refractivity contribution in [3.63, 3.8) is 0 Å². The number of anilines is 1. The Morgan fingerprint density at radius 3 is 1.52 bits per heavy atom. The molecule has 1 aromatic carbocycles. The first-order valence-electron chi connectivity index (χ1n) is 7.33. The van der Waals surface area contributed by atoms with E-state index >= 15 is 0 Å². The molecule has 25 heavy (non-hydrogen) atoms. The van der Waals surface area contributed by atoms with Crippen molar-refractivity contribution in [3.05, 3.63) is 49.3 Å². The molecule has 0 aliphatic heterocycles. The molecule has 0 fully saturated rings. The first-order valence-corrected chi connectivity index (χ1v) is 7.33. The van der Waals surface area contributed by atoms with Crippen molar-refractivity contribution in [2.45, 2.75) is 47.5 Å². The van der Waals surface area contributed by atoms with Gasteiger partial charge in [0.2, 0.25) is 5.91 Å².